The Hall–Kier alpha value is -4.41. The zero-order valence-corrected chi connectivity index (χ0v) is 23.4. The van der Waals surface area contributed by atoms with Crippen LogP contribution in [-0.4, -0.2) is 103 Å². The lowest BCUT2D eigenvalue weighted by atomic mass is 9.98. The van der Waals surface area contributed by atoms with Gasteiger partial charge in [0.2, 0.25) is 5.60 Å². The summed E-state index contributed by atoms with van der Waals surface area (Å²) in [5.74, 6) is -3.56. The number of hydrogen-bond donors (Lipinski definition) is 8. The normalized spacial score (nSPS) is 19.6. The molecule has 2 amide bonds. The molecule has 1 saturated heterocycles. The topological polar surface area (TPSA) is 306 Å². The molecule has 2 aliphatic rings. The van der Waals surface area contributed by atoms with E-state index in [2.05, 4.69) is 36.3 Å². The number of aliphatic carboxylic acids is 1. The number of thiazole rings is 1. The van der Waals surface area contributed by atoms with Gasteiger partial charge in [0, 0.05) is 31.3 Å². The highest BCUT2D eigenvalue weighted by Crippen LogP contribution is 2.40. The van der Waals surface area contributed by atoms with Crippen molar-refractivity contribution in [3.63, 3.8) is 0 Å². The lowest BCUT2D eigenvalue weighted by molar-refractivity contribution is -0.153. The molecule has 228 valence electrons. The fraction of sp³-hybridized carbons (Fsp3) is 0.500. The number of nitrogens with zero attached hydrogens (tertiary/aromatic N) is 6. The second-order valence-corrected chi connectivity index (χ2v) is 11.5. The van der Waals surface area contributed by atoms with Crippen molar-refractivity contribution in [1.82, 2.24) is 40.2 Å². The lowest BCUT2D eigenvalue weighted by Gasteiger charge is -2.43. The van der Waals surface area contributed by atoms with Gasteiger partial charge in [-0.3, -0.25) is 19.6 Å². The van der Waals surface area contributed by atoms with Crippen LogP contribution in [0.1, 0.15) is 30.7 Å². The highest BCUT2D eigenvalue weighted by Gasteiger charge is 2.56. The van der Waals surface area contributed by atoms with Gasteiger partial charge in [-0.05, 0) is 13.0 Å². The Bertz CT molecular complexity index is 1500. The molecule has 1 aliphatic carbocycles. The first-order valence-electron chi connectivity index (χ1n) is 12.3. The number of rotatable bonds is 15. The molecule has 4 rings (SSSR count). The van der Waals surface area contributed by atoms with E-state index in [-0.39, 0.29) is 40.5 Å². The lowest BCUT2D eigenvalue weighted by Crippen LogP contribution is -2.73. The third-order valence-electron chi connectivity index (χ3n) is 6.18. The van der Waals surface area contributed by atoms with Gasteiger partial charge >= 0.3 is 16.3 Å². The number of oxime groups is 1. The Balaban J connectivity index is 1.45. The van der Waals surface area contributed by atoms with Crippen LogP contribution in [0.2, 0.25) is 0 Å². The summed E-state index contributed by atoms with van der Waals surface area (Å²) in [5, 5.41) is 38.0. The summed E-state index contributed by atoms with van der Waals surface area (Å²) >= 11 is 0.968. The number of β-lactam (4-membered cyclic amide) rings is 1. The highest BCUT2D eigenvalue weighted by atomic mass is 32.2. The van der Waals surface area contributed by atoms with Crippen molar-refractivity contribution in [2.45, 2.75) is 50.0 Å². The van der Waals surface area contributed by atoms with E-state index in [0.29, 0.717) is 31.7 Å². The van der Waals surface area contributed by atoms with Gasteiger partial charge in [-0.2, -0.15) is 23.4 Å². The Kier molecular flexibility index (Phi) is 8.89. The van der Waals surface area contributed by atoms with E-state index in [4.69, 9.17) is 21.7 Å². The summed E-state index contributed by atoms with van der Waals surface area (Å²) in [4.78, 5) is 47.6. The van der Waals surface area contributed by atoms with Gasteiger partial charge in [0.15, 0.2) is 16.8 Å². The molecule has 10 N–H and O–H groups in total. The Labute approximate surface area is 241 Å². The number of anilines is 1. The number of nitrogen functional groups attached to an aromatic ring is 1. The zero-order chi connectivity index (χ0) is 30.7. The van der Waals surface area contributed by atoms with Crippen LogP contribution in [0.4, 0.5) is 5.13 Å². The van der Waals surface area contributed by atoms with Gasteiger partial charge in [-0.1, -0.05) is 5.16 Å². The van der Waals surface area contributed by atoms with Crippen LogP contribution in [0, 0.1) is 5.41 Å². The van der Waals surface area contributed by atoms with Crippen molar-refractivity contribution in [2.24, 2.45) is 10.9 Å². The molecule has 0 spiro atoms. The second kappa shape index (κ2) is 12.2. The molecule has 2 aromatic rings. The minimum atomic E-state index is -5.00. The van der Waals surface area contributed by atoms with E-state index >= 15 is 0 Å². The van der Waals surface area contributed by atoms with Crippen LogP contribution in [0.5, 0.6) is 0 Å². The first-order chi connectivity index (χ1) is 19.8. The highest BCUT2D eigenvalue weighted by molar-refractivity contribution is 7.84. The molecular weight excluding hydrogens is 600 g/mol. The molecule has 2 fully saturated rings. The third-order valence-corrected chi connectivity index (χ3v) is 7.80. The quantitative estimate of drug-likeness (QED) is 0.0241. The molecular formula is C20H28N12O8S2. The molecule has 1 aliphatic heterocycles. The van der Waals surface area contributed by atoms with Crippen molar-refractivity contribution >= 4 is 56.2 Å². The van der Waals surface area contributed by atoms with Crippen LogP contribution >= 0.6 is 11.3 Å². The maximum absolute atomic E-state index is 13.2. The first kappa shape index (κ1) is 30.5. The SMILES string of the molecule is N=C(N)NCCCNCc1cnn(CC2C(NC(=O)/C(=N\OC3(C(=O)O)CC3)c3csc(N)n3)C(=O)N2S(=O)(=O)O)n1. The van der Waals surface area contributed by atoms with E-state index in [1.54, 1.807) is 0 Å². The number of carbonyl (C=O) groups is 3. The molecule has 2 atom stereocenters. The summed E-state index contributed by atoms with van der Waals surface area (Å²) in [6.07, 6.45) is 2.41. The summed E-state index contributed by atoms with van der Waals surface area (Å²) in [6.45, 7) is 1.05. The largest absolute Gasteiger partial charge is 0.478 e. The standard InChI is InChI=1S/C20H28N12O8S2/c21-18(22)25-5-1-4-24-6-10-7-26-31(29-10)8-12-14(16(34)32(12)42(37,38)39)28-15(33)13(11-9-41-19(23)27-11)30-40-20(2-3-20)17(35)36/h7,9,12,14,24H,1-6,8H2,(H2,23,27)(H,28,33)(H,35,36)(H4,21,22,25)(H,37,38,39)/b30-13-. The summed E-state index contributed by atoms with van der Waals surface area (Å²) in [7, 11) is -5.00. The molecule has 22 heteroatoms. The van der Waals surface area contributed by atoms with Gasteiger partial charge in [0.1, 0.15) is 17.8 Å². The molecule has 42 heavy (non-hydrogen) atoms. The smallest absolute Gasteiger partial charge is 0.362 e. The number of carbonyl (C=O) groups excluding carboxylic acids is 2. The van der Waals surface area contributed by atoms with E-state index in [9.17, 15) is 32.5 Å². The summed E-state index contributed by atoms with van der Waals surface area (Å²) in [6, 6.07) is -2.78. The monoisotopic (exact) mass is 628 g/mol. The maximum atomic E-state index is 13.2. The minimum Gasteiger partial charge on any atom is -0.478 e. The zero-order valence-electron chi connectivity index (χ0n) is 21.8. The van der Waals surface area contributed by atoms with Crippen molar-refractivity contribution in [3.05, 3.63) is 23.0 Å². The minimum absolute atomic E-state index is 0.0610. The van der Waals surface area contributed by atoms with Crippen molar-refractivity contribution in [1.29, 1.82) is 5.41 Å². The molecule has 0 radical (unpaired) electrons. The molecule has 0 aromatic carbocycles. The van der Waals surface area contributed by atoms with Crippen LogP contribution in [0.25, 0.3) is 0 Å². The van der Waals surface area contributed by atoms with Gasteiger partial charge in [-0.15, -0.1) is 11.3 Å². The fourth-order valence-corrected chi connectivity index (χ4v) is 5.28. The molecule has 0 bridgehead atoms. The number of amides is 2. The van der Waals surface area contributed by atoms with Crippen LogP contribution in [-0.2, 0) is 42.6 Å². The number of nitrogens with one attached hydrogen (secondary N) is 4. The van der Waals surface area contributed by atoms with E-state index in [1.807, 2.05) is 0 Å². The molecule has 1 saturated carbocycles. The number of hydrogen-bond acceptors (Lipinski definition) is 14. The summed E-state index contributed by atoms with van der Waals surface area (Å²) < 4.78 is 33.6. The second-order valence-electron chi connectivity index (χ2n) is 9.29. The van der Waals surface area contributed by atoms with Gasteiger partial charge in [-0.25, -0.2) is 14.1 Å². The van der Waals surface area contributed by atoms with Crippen molar-refractivity contribution < 1.29 is 37.3 Å². The molecule has 3 heterocycles. The van der Waals surface area contributed by atoms with Crippen LogP contribution < -0.4 is 27.4 Å². The third kappa shape index (κ3) is 7.07. The maximum Gasteiger partial charge on any atom is 0.362 e. The Morgan fingerprint density at radius 2 is 2.07 bits per heavy atom. The van der Waals surface area contributed by atoms with Gasteiger partial charge in [0.05, 0.1) is 18.4 Å². The summed E-state index contributed by atoms with van der Waals surface area (Å²) in [5.41, 5.74) is 9.21. The average molecular weight is 629 g/mol. The van der Waals surface area contributed by atoms with Crippen molar-refractivity contribution in [3.8, 4) is 0 Å². The van der Waals surface area contributed by atoms with Gasteiger partial charge < -0.3 is 37.4 Å². The van der Waals surface area contributed by atoms with Crippen molar-refractivity contribution in [2.75, 3.05) is 18.8 Å². The van der Waals surface area contributed by atoms with E-state index < -0.39 is 51.5 Å². The van der Waals surface area contributed by atoms with Crippen LogP contribution in [0.15, 0.2) is 16.7 Å². The fourth-order valence-electron chi connectivity index (χ4n) is 3.86. The van der Waals surface area contributed by atoms with Gasteiger partial charge in [0.25, 0.3) is 11.8 Å². The molecule has 20 nitrogen and oxygen atoms in total. The number of carboxylic acid groups (broad SMARTS) is 1. The molecule has 2 aromatic heterocycles. The number of nitrogens with two attached hydrogens (primary N) is 2. The Morgan fingerprint density at radius 1 is 1.33 bits per heavy atom. The predicted octanol–water partition coefficient (Wildman–Crippen LogP) is -3.18. The van der Waals surface area contributed by atoms with Crippen LogP contribution in [0.3, 0.4) is 0 Å². The average Bonchev–Trinajstić information content (AvgIpc) is 3.37. The Morgan fingerprint density at radius 3 is 2.67 bits per heavy atom. The first-order valence-corrected chi connectivity index (χ1v) is 14.6. The number of aromatic nitrogens is 4. The molecule has 2 unspecified atom stereocenters. The number of guanidine groups is 1. The van der Waals surface area contributed by atoms with E-state index in [1.165, 1.54) is 11.6 Å². The number of carboxylic acids is 1. The van der Waals surface area contributed by atoms with E-state index in [0.717, 1.165) is 16.1 Å². The predicted molar refractivity (Wildman–Crippen MR) is 144 cm³/mol.